The van der Waals surface area contributed by atoms with Crippen LogP contribution >= 0.6 is 0 Å². The number of benzene rings is 1. The van der Waals surface area contributed by atoms with Gasteiger partial charge in [-0.3, -0.25) is 0 Å². The molecule has 0 aliphatic rings. The fraction of sp³-hybridized carbons (Fsp3) is 0.625. The van der Waals surface area contributed by atoms with Gasteiger partial charge in [-0.05, 0) is 50.4 Å². The van der Waals surface area contributed by atoms with Gasteiger partial charge in [0.05, 0.1) is 0 Å². The summed E-state index contributed by atoms with van der Waals surface area (Å²) in [7, 11) is 2.16. The predicted octanol–water partition coefficient (Wildman–Crippen LogP) is 3.59. The van der Waals surface area contributed by atoms with Gasteiger partial charge in [0.15, 0.2) is 0 Å². The molecule has 0 saturated heterocycles. The lowest BCUT2D eigenvalue weighted by Gasteiger charge is -2.26. The molecule has 18 heavy (non-hydrogen) atoms. The Morgan fingerprint density at radius 2 is 1.83 bits per heavy atom. The van der Waals surface area contributed by atoms with Crippen molar-refractivity contribution >= 4 is 5.69 Å². The van der Waals surface area contributed by atoms with Crippen LogP contribution < -0.4 is 10.2 Å². The smallest absolute Gasteiger partial charge is 0.0395 e. The molecule has 1 aromatic rings. The molecule has 0 radical (unpaired) electrons. The fourth-order valence-electron chi connectivity index (χ4n) is 2.01. The summed E-state index contributed by atoms with van der Waals surface area (Å²) in [5, 5.41) is 3.49. The molecule has 0 aromatic heterocycles. The molecule has 1 rings (SSSR count). The van der Waals surface area contributed by atoms with Gasteiger partial charge >= 0.3 is 0 Å². The number of hydrogen-bond acceptors (Lipinski definition) is 2. The summed E-state index contributed by atoms with van der Waals surface area (Å²) in [6.45, 7) is 13.1. The second kappa shape index (κ2) is 6.79. The van der Waals surface area contributed by atoms with Crippen molar-refractivity contribution in [2.45, 2.75) is 47.2 Å². The quantitative estimate of drug-likeness (QED) is 0.827. The van der Waals surface area contributed by atoms with Crippen molar-refractivity contribution < 1.29 is 0 Å². The van der Waals surface area contributed by atoms with Crippen molar-refractivity contribution in [1.29, 1.82) is 0 Å². The highest BCUT2D eigenvalue weighted by molar-refractivity contribution is 5.54. The number of hydrogen-bond donors (Lipinski definition) is 1. The molecule has 0 saturated carbocycles. The van der Waals surface area contributed by atoms with Crippen molar-refractivity contribution in [2.75, 3.05) is 18.5 Å². The van der Waals surface area contributed by atoms with Gasteiger partial charge in [0.25, 0.3) is 0 Å². The van der Waals surface area contributed by atoms with Gasteiger partial charge in [-0.25, -0.2) is 0 Å². The average molecular weight is 248 g/mol. The standard InChI is InChI=1S/C16H28N2/c1-12(2)10-17-11-15-7-8-16(14(5)9-15)18(6)13(3)4/h7-9,12-13,17H,10-11H2,1-6H3. The van der Waals surface area contributed by atoms with Crippen LogP contribution in [0.1, 0.15) is 38.8 Å². The number of aryl methyl sites for hydroxylation is 1. The normalized spacial score (nSPS) is 11.3. The lowest BCUT2D eigenvalue weighted by molar-refractivity contribution is 0.552. The average Bonchev–Trinajstić information content (AvgIpc) is 2.27. The molecule has 1 N–H and O–H groups in total. The molecular formula is C16H28N2. The van der Waals surface area contributed by atoms with Gasteiger partial charge in [0.2, 0.25) is 0 Å². The first-order valence-corrected chi connectivity index (χ1v) is 6.95. The summed E-state index contributed by atoms with van der Waals surface area (Å²) in [5.41, 5.74) is 4.06. The molecule has 0 aliphatic carbocycles. The number of anilines is 1. The molecule has 0 aliphatic heterocycles. The van der Waals surface area contributed by atoms with Gasteiger partial charge in [-0.1, -0.05) is 26.0 Å². The minimum absolute atomic E-state index is 0.536. The number of nitrogens with zero attached hydrogens (tertiary/aromatic N) is 1. The third kappa shape index (κ3) is 4.34. The van der Waals surface area contributed by atoms with Crippen LogP contribution in [0.2, 0.25) is 0 Å². The Bertz CT molecular complexity index is 369. The molecule has 1 aromatic carbocycles. The lowest BCUT2D eigenvalue weighted by atomic mass is 10.1. The van der Waals surface area contributed by atoms with Crippen molar-refractivity contribution in [3.8, 4) is 0 Å². The van der Waals surface area contributed by atoms with Gasteiger partial charge in [0, 0.05) is 25.3 Å². The van der Waals surface area contributed by atoms with Crippen molar-refractivity contribution in [1.82, 2.24) is 5.32 Å². The summed E-state index contributed by atoms with van der Waals surface area (Å²) in [6.07, 6.45) is 0. The van der Waals surface area contributed by atoms with Crippen LogP contribution in [0.3, 0.4) is 0 Å². The zero-order valence-corrected chi connectivity index (χ0v) is 12.7. The van der Waals surface area contributed by atoms with Crippen LogP contribution in [0.5, 0.6) is 0 Å². The summed E-state index contributed by atoms with van der Waals surface area (Å²) in [6, 6.07) is 7.30. The third-order valence-corrected chi connectivity index (χ3v) is 3.30. The van der Waals surface area contributed by atoms with E-state index >= 15 is 0 Å². The second-order valence-electron chi connectivity index (χ2n) is 5.85. The maximum Gasteiger partial charge on any atom is 0.0395 e. The Morgan fingerprint density at radius 3 is 2.33 bits per heavy atom. The lowest BCUT2D eigenvalue weighted by Crippen LogP contribution is -2.26. The predicted molar refractivity (Wildman–Crippen MR) is 81.3 cm³/mol. The van der Waals surface area contributed by atoms with Gasteiger partial charge < -0.3 is 10.2 Å². The van der Waals surface area contributed by atoms with Crippen LogP contribution in [0.25, 0.3) is 0 Å². The van der Waals surface area contributed by atoms with E-state index in [1.54, 1.807) is 0 Å². The largest absolute Gasteiger partial charge is 0.372 e. The minimum Gasteiger partial charge on any atom is -0.372 e. The molecule has 0 unspecified atom stereocenters. The van der Waals surface area contributed by atoms with Crippen molar-refractivity contribution in [3.05, 3.63) is 29.3 Å². The van der Waals surface area contributed by atoms with E-state index in [1.807, 2.05) is 0 Å². The maximum atomic E-state index is 3.49. The molecule has 0 bridgehead atoms. The Kier molecular flexibility index (Phi) is 5.67. The minimum atomic E-state index is 0.536. The van der Waals surface area contributed by atoms with E-state index in [0.717, 1.165) is 13.1 Å². The van der Waals surface area contributed by atoms with E-state index in [0.29, 0.717) is 12.0 Å². The fourth-order valence-corrected chi connectivity index (χ4v) is 2.01. The monoisotopic (exact) mass is 248 g/mol. The van der Waals surface area contributed by atoms with Crippen LogP contribution in [-0.2, 0) is 6.54 Å². The molecule has 2 nitrogen and oxygen atoms in total. The molecule has 0 atom stereocenters. The van der Waals surface area contributed by atoms with E-state index in [-0.39, 0.29) is 0 Å². The number of nitrogens with one attached hydrogen (secondary N) is 1. The molecule has 0 amide bonds. The summed E-state index contributed by atoms with van der Waals surface area (Å²) < 4.78 is 0. The summed E-state index contributed by atoms with van der Waals surface area (Å²) >= 11 is 0. The van der Waals surface area contributed by atoms with Gasteiger partial charge in [-0.15, -0.1) is 0 Å². The van der Waals surface area contributed by atoms with Crippen molar-refractivity contribution in [2.24, 2.45) is 5.92 Å². The second-order valence-corrected chi connectivity index (χ2v) is 5.85. The molecule has 102 valence electrons. The van der Waals surface area contributed by atoms with Gasteiger partial charge in [0.1, 0.15) is 0 Å². The van der Waals surface area contributed by atoms with E-state index in [4.69, 9.17) is 0 Å². The highest BCUT2D eigenvalue weighted by Gasteiger charge is 2.08. The first-order valence-electron chi connectivity index (χ1n) is 6.95. The highest BCUT2D eigenvalue weighted by atomic mass is 15.1. The van der Waals surface area contributed by atoms with Crippen LogP contribution in [0, 0.1) is 12.8 Å². The molecule has 0 spiro atoms. The Balaban J connectivity index is 2.67. The topological polar surface area (TPSA) is 15.3 Å². The molecular weight excluding hydrogens is 220 g/mol. The van der Waals surface area contributed by atoms with E-state index < -0.39 is 0 Å². The van der Waals surface area contributed by atoms with Crippen LogP contribution in [0.4, 0.5) is 5.69 Å². The zero-order chi connectivity index (χ0) is 13.7. The van der Waals surface area contributed by atoms with Crippen molar-refractivity contribution in [3.63, 3.8) is 0 Å². The van der Waals surface area contributed by atoms with Crippen LogP contribution in [0.15, 0.2) is 18.2 Å². The first kappa shape index (κ1) is 15.0. The Labute approximate surface area is 112 Å². The third-order valence-electron chi connectivity index (χ3n) is 3.30. The summed E-state index contributed by atoms with van der Waals surface area (Å²) in [4.78, 5) is 2.32. The van der Waals surface area contributed by atoms with Crippen LogP contribution in [-0.4, -0.2) is 19.6 Å². The van der Waals surface area contributed by atoms with E-state index in [1.165, 1.54) is 16.8 Å². The van der Waals surface area contributed by atoms with Gasteiger partial charge in [-0.2, -0.15) is 0 Å². The molecule has 0 heterocycles. The number of rotatable bonds is 6. The molecule has 0 fully saturated rings. The summed E-state index contributed by atoms with van der Waals surface area (Å²) in [5.74, 6) is 0.706. The Hall–Kier alpha value is -1.02. The van der Waals surface area contributed by atoms with E-state index in [2.05, 4.69) is 70.1 Å². The highest BCUT2D eigenvalue weighted by Crippen LogP contribution is 2.21. The van der Waals surface area contributed by atoms with E-state index in [9.17, 15) is 0 Å². The maximum absolute atomic E-state index is 3.49. The SMILES string of the molecule is Cc1cc(CNCC(C)C)ccc1N(C)C(C)C. The Morgan fingerprint density at radius 1 is 1.17 bits per heavy atom. The first-order chi connectivity index (χ1) is 8.41. The zero-order valence-electron chi connectivity index (χ0n) is 12.7. The molecule has 2 heteroatoms.